The number of aldehydes is 1. The average Bonchev–Trinajstić information content (AvgIpc) is 3.71. The number of fused-ring (bicyclic) bond motifs is 2. The third-order valence-electron chi connectivity index (χ3n) is 6.57. The summed E-state index contributed by atoms with van der Waals surface area (Å²) in [5.41, 5.74) is 13.3. The summed E-state index contributed by atoms with van der Waals surface area (Å²) in [5.74, 6) is 6.27. The van der Waals surface area contributed by atoms with Crippen molar-refractivity contribution in [3.63, 3.8) is 0 Å². The number of rotatable bonds is 6. The number of nitrogens with zero attached hydrogens (tertiary/aromatic N) is 4. The van der Waals surface area contributed by atoms with Gasteiger partial charge in [-0.3, -0.25) is 23.7 Å². The first-order valence-corrected chi connectivity index (χ1v) is 14.6. The number of aromatic nitrogens is 4. The van der Waals surface area contributed by atoms with Crippen LogP contribution >= 0.6 is 0 Å². The molecule has 2 aromatic carbocycles. The van der Waals surface area contributed by atoms with Gasteiger partial charge in [0.1, 0.15) is 5.56 Å². The normalized spacial score (nSPS) is 11.3. The lowest BCUT2D eigenvalue weighted by Gasteiger charge is -2.14. The van der Waals surface area contributed by atoms with Crippen LogP contribution in [0.2, 0.25) is 0 Å². The molecule has 12 nitrogen and oxygen atoms in total. The van der Waals surface area contributed by atoms with Crippen molar-refractivity contribution in [2.75, 3.05) is 25.9 Å². The lowest BCUT2D eigenvalue weighted by atomic mass is 10.0. The van der Waals surface area contributed by atoms with Crippen molar-refractivity contribution in [2.45, 2.75) is 32.6 Å². The first-order valence-electron chi connectivity index (χ1n) is 14.6. The van der Waals surface area contributed by atoms with E-state index in [0.29, 0.717) is 60.8 Å². The Bertz CT molecular complexity index is 1880. The molecule has 1 fully saturated rings. The Morgan fingerprint density at radius 1 is 1.07 bits per heavy atom. The van der Waals surface area contributed by atoms with Crippen LogP contribution in [0.5, 0.6) is 0 Å². The fourth-order valence-electron chi connectivity index (χ4n) is 4.50. The van der Waals surface area contributed by atoms with Crippen molar-refractivity contribution in [3.8, 4) is 17.5 Å². The molecule has 3 aromatic heterocycles. The van der Waals surface area contributed by atoms with E-state index in [0.717, 1.165) is 29.6 Å². The summed E-state index contributed by atoms with van der Waals surface area (Å²) in [6.07, 6.45) is 7.42. The highest BCUT2D eigenvalue weighted by molar-refractivity contribution is 5.90. The molecule has 0 saturated carbocycles. The van der Waals surface area contributed by atoms with Crippen molar-refractivity contribution < 1.29 is 19.1 Å². The lowest BCUT2D eigenvalue weighted by molar-refractivity contribution is -0.137. The van der Waals surface area contributed by atoms with E-state index in [9.17, 15) is 19.2 Å². The third-order valence-corrected chi connectivity index (χ3v) is 6.57. The summed E-state index contributed by atoms with van der Waals surface area (Å²) >= 11 is 0. The SMILES string of the molecule is CCc1cc2cccc(C#CCCNC=O)c2c(=O)n1-c1ccccc1.CN.Nc1nn2cccnc2c1C=O.O=C1CCCO1. The maximum atomic E-state index is 13.3. The van der Waals surface area contributed by atoms with Crippen molar-refractivity contribution in [3.05, 3.63) is 100 Å². The van der Waals surface area contributed by atoms with Gasteiger partial charge in [0.25, 0.3) is 5.56 Å². The molecular weight excluding hydrogens is 586 g/mol. The Hall–Kier alpha value is -5.80. The first kappa shape index (κ1) is 34.7. The van der Waals surface area contributed by atoms with Gasteiger partial charge in [0.05, 0.1) is 12.0 Å². The van der Waals surface area contributed by atoms with Crippen molar-refractivity contribution in [1.82, 2.24) is 24.5 Å². The molecule has 0 radical (unpaired) electrons. The van der Waals surface area contributed by atoms with Crippen LogP contribution in [0.3, 0.4) is 0 Å². The van der Waals surface area contributed by atoms with Crippen LogP contribution in [0.4, 0.5) is 5.82 Å². The van der Waals surface area contributed by atoms with Crippen LogP contribution in [0.25, 0.3) is 22.1 Å². The van der Waals surface area contributed by atoms with E-state index in [4.69, 9.17) is 5.73 Å². The van der Waals surface area contributed by atoms with E-state index in [2.05, 4.69) is 43.8 Å². The number of nitrogens with one attached hydrogen (secondary N) is 1. The third kappa shape index (κ3) is 8.87. The van der Waals surface area contributed by atoms with E-state index < -0.39 is 0 Å². The number of amides is 1. The zero-order chi connectivity index (χ0) is 33.3. The number of ether oxygens (including phenoxy) is 1. The highest BCUT2D eigenvalue weighted by atomic mass is 16.5. The van der Waals surface area contributed by atoms with Gasteiger partial charge in [-0.15, -0.1) is 5.10 Å². The Morgan fingerprint density at radius 2 is 1.85 bits per heavy atom. The quantitative estimate of drug-likeness (QED) is 0.111. The molecule has 4 heterocycles. The molecule has 5 aromatic rings. The second-order valence-corrected chi connectivity index (χ2v) is 9.49. The maximum absolute atomic E-state index is 13.3. The summed E-state index contributed by atoms with van der Waals surface area (Å²) in [6.45, 7) is 3.18. The number of cyclic esters (lactones) is 1. The fourth-order valence-corrected chi connectivity index (χ4v) is 4.50. The van der Waals surface area contributed by atoms with E-state index in [1.54, 1.807) is 23.0 Å². The van der Waals surface area contributed by atoms with Crippen LogP contribution in [0.15, 0.2) is 77.9 Å². The number of nitrogens with two attached hydrogens (primary N) is 2. The Balaban J connectivity index is 0.000000235. The van der Waals surface area contributed by atoms with Gasteiger partial charge in [-0.2, -0.15) is 0 Å². The molecule has 12 heteroatoms. The number of carbonyl (C=O) groups is 3. The molecule has 6 rings (SSSR count). The molecule has 0 spiro atoms. The summed E-state index contributed by atoms with van der Waals surface area (Å²) < 4.78 is 7.75. The lowest BCUT2D eigenvalue weighted by Crippen LogP contribution is -2.22. The number of esters is 1. The Morgan fingerprint density at radius 3 is 2.48 bits per heavy atom. The van der Waals surface area contributed by atoms with Crippen LogP contribution in [0.1, 0.15) is 47.8 Å². The number of para-hydroxylation sites is 1. The number of carbonyl (C=O) groups excluding carboxylic acids is 3. The summed E-state index contributed by atoms with van der Waals surface area (Å²) in [7, 11) is 1.50. The van der Waals surface area contributed by atoms with E-state index in [-0.39, 0.29) is 17.3 Å². The minimum atomic E-state index is -0.0542. The minimum absolute atomic E-state index is 0.0463. The van der Waals surface area contributed by atoms with E-state index in [1.807, 2.05) is 55.5 Å². The molecule has 5 N–H and O–H groups in total. The monoisotopic (exact) mass is 623 g/mol. The number of anilines is 1. The van der Waals surface area contributed by atoms with Crippen molar-refractivity contribution >= 4 is 40.9 Å². The molecule has 0 unspecified atom stereocenters. The molecule has 0 atom stereocenters. The van der Waals surface area contributed by atoms with Gasteiger partial charge in [-0.05, 0) is 55.6 Å². The highest BCUT2D eigenvalue weighted by Crippen LogP contribution is 2.19. The van der Waals surface area contributed by atoms with E-state index in [1.165, 1.54) is 11.6 Å². The molecule has 0 bridgehead atoms. The first-order chi connectivity index (χ1) is 22.5. The topological polar surface area (TPSA) is 177 Å². The fraction of sp³-hybridized carbons (Fsp3) is 0.235. The number of nitrogen functional groups attached to an aromatic ring is 1. The molecule has 1 saturated heterocycles. The van der Waals surface area contributed by atoms with Gasteiger partial charge in [0.2, 0.25) is 6.41 Å². The molecule has 1 amide bonds. The predicted octanol–water partition coefficient (Wildman–Crippen LogP) is 3.06. The molecular formula is C34H37N7O5. The average molecular weight is 624 g/mol. The Labute approximate surface area is 266 Å². The molecule has 1 aliphatic heterocycles. The zero-order valence-corrected chi connectivity index (χ0v) is 25.8. The van der Waals surface area contributed by atoms with Crippen molar-refractivity contribution in [1.29, 1.82) is 0 Å². The van der Waals surface area contributed by atoms with Gasteiger partial charge >= 0.3 is 5.97 Å². The summed E-state index contributed by atoms with van der Waals surface area (Å²) in [6, 6.07) is 19.2. The largest absolute Gasteiger partial charge is 0.466 e. The van der Waals surface area contributed by atoms with Crippen LogP contribution in [-0.4, -0.2) is 58.0 Å². The predicted molar refractivity (Wildman–Crippen MR) is 178 cm³/mol. The standard InChI is InChI=1S/C22H20N2O2.C7H6N4O.C4H6O2.CH5N/c1-2-19-15-18-11-8-10-17(9-6-7-14-23-16-25)21(18)22(26)24(19)20-12-4-3-5-13-20;8-6-5(4-12)7-9-2-1-3-11(7)10-6;5-4-2-1-3-6-4;1-2/h3-5,8,10-13,15-16H,2,7,14H2,1H3,(H,23,25);1-4H,(H2,8,10);1-3H2;2H2,1H3. The van der Waals surface area contributed by atoms with Gasteiger partial charge in [-0.25, -0.2) is 9.50 Å². The highest BCUT2D eigenvalue weighted by Gasteiger charge is 2.12. The smallest absolute Gasteiger partial charge is 0.305 e. The molecule has 1 aliphatic rings. The van der Waals surface area contributed by atoms with Gasteiger partial charge in [0, 0.05) is 48.7 Å². The number of hydrogen-bond acceptors (Lipinski definition) is 9. The van der Waals surface area contributed by atoms with E-state index >= 15 is 0 Å². The zero-order valence-electron chi connectivity index (χ0n) is 25.8. The number of aryl methyl sites for hydroxylation is 1. The van der Waals surface area contributed by atoms with Crippen LogP contribution < -0.4 is 22.3 Å². The Kier molecular flexibility index (Phi) is 13.7. The number of hydrogen-bond donors (Lipinski definition) is 3. The van der Waals surface area contributed by atoms with Gasteiger partial charge in [0.15, 0.2) is 17.8 Å². The molecule has 0 aliphatic carbocycles. The number of benzene rings is 2. The van der Waals surface area contributed by atoms with Crippen LogP contribution in [-0.2, 0) is 20.7 Å². The van der Waals surface area contributed by atoms with Gasteiger partial charge < -0.3 is 21.5 Å². The number of pyridine rings is 1. The maximum Gasteiger partial charge on any atom is 0.305 e. The second-order valence-electron chi connectivity index (χ2n) is 9.49. The minimum Gasteiger partial charge on any atom is -0.466 e. The van der Waals surface area contributed by atoms with Gasteiger partial charge in [-0.1, -0.05) is 49.1 Å². The summed E-state index contributed by atoms with van der Waals surface area (Å²) in [4.78, 5) is 48.1. The second kappa shape index (κ2) is 18.1. The summed E-state index contributed by atoms with van der Waals surface area (Å²) in [5, 5.41) is 7.99. The van der Waals surface area contributed by atoms with Crippen LogP contribution in [0, 0.1) is 11.8 Å². The van der Waals surface area contributed by atoms with Crippen molar-refractivity contribution in [2.24, 2.45) is 5.73 Å². The molecule has 238 valence electrons. The molecule has 46 heavy (non-hydrogen) atoms.